The molecule has 5 rings (SSSR count). The smallest absolute Gasteiger partial charge is 0.0637 e. The molecule has 2 heteroatoms. The zero-order valence-electron chi connectivity index (χ0n) is 15.8. The summed E-state index contributed by atoms with van der Waals surface area (Å²) in [5.41, 5.74) is 7.51. The molecular formula is C23H29NO. The summed E-state index contributed by atoms with van der Waals surface area (Å²) in [6, 6.07) is 8.73. The summed E-state index contributed by atoms with van der Waals surface area (Å²) in [6.07, 6.45) is 4.13. The van der Waals surface area contributed by atoms with Gasteiger partial charge in [0.15, 0.2) is 0 Å². The predicted octanol–water partition coefficient (Wildman–Crippen LogP) is 5.33. The molecule has 0 unspecified atom stereocenters. The number of benzene rings is 1. The van der Waals surface area contributed by atoms with E-state index in [1.165, 1.54) is 28.6 Å². The molecule has 0 saturated carbocycles. The Morgan fingerprint density at radius 1 is 1.16 bits per heavy atom. The first kappa shape index (κ1) is 15.7. The number of aliphatic hydroxyl groups is 1. The lowest BCUT2D eigenvalue weighted by Crippen LogP contribution is -2.48. The minimum Gasteiger partial charge on any atom is -0.392 e. The first-order chi connectivity index (χ1) is 11.8. The number of nitrogens with one attached hydrogen (secondary N) is 1. The van der Waals surface area contributed by atoms with Crippen LogP contribution in [0.3, 0.4) is 0 Å². The van der Waals surface area contributed by atoms with Crippen LogP contribution in [0.15, 0.2) is 35.4 Å². The summed E-state index contributed by atoms with van der Waals surface area (Å²) in [5, 5.41) is 12.4. The zero-order valence-corrected chi connectivity index (χ0v) is 15.8. The fourth-order valence-electron chi connectivity index (χ4n) is 6.15. The van der Waals surface area contributed by atoms with Gasteiger partial charge in [-0.3, -0.25) is 0 Å². The van der Waals surface area contributed by atoms with Gasteiger partial charge in [0.25, 0.3) is 0 Å². The highest BCUT2D eigenvalue weighted by Crippen LogP contribution is 2.63. The van der Waals surface area contributed by atoms with E-state index >= 15 is 0 Å². The van der Waals surface area contributed by atoms with E-state index in [1.54, 1.807) is 11.1 Å². The number of hydrogen-bond donors (Lipinski definition) is 2. The summed E-state index contributed by atoms with van der Waals surface area (Å²) >= 11 is 0. The van der Waals surface area contributed by atoms with E-state index in [1.807, 2.05) is 0 Å². The molecule has 3 aliphatic rings. The van der Waals surface area contributed by atoms with E-state index in [4.69, 9.17) is 0 Å². The Bertz CT molecular complexity index is 902. The fraction of sp³-hybridized carbons (Fsp3) is 0.565. The van der Waals surface area contributed by atoms with Gasteiger partial charge in [-0.15, -0.1) is 0 Å². The minimum absolute atomic E-state index is 0.0866. The topological polar surface area (TPSA) is 36.0 Å². The van der Waals surface area contributed by atoms with Crippen molar-refractivity contribution in [2.75, 3.05) is 0 Å². The number of aliphatic hydroxyl groups excluding tert-OH is 1. The quantitative estimate of drug-likeness (QED) is 0.627. The Labute approximate surface area is 150 Å². The van der Waals surface area contributed by atoms with Crippen molar-refractivity contribution in [3.8, 4) is 0 Å². The SMILES string of the molecule is C[C@@H]1CCC2=C3[C@@H](C[C@@H](O)C2(C)C)c2[nH]c4ccccc4c2C[C@]31C. The maximum atomic E-state index is 11.0. The molecule has 0 spiro atoms. The van der Waals surface area contributed by atoms with Gasteiger partial charge >= 0.3 is 0 Å². The lowest BCUT2D eigenvalue weighted by atomic mass is 9.49. The summed E-state index contributed by atoms with van der Waals surface area (Å²) in [7, 11) is 0. The average molecular weight is 335 g/mol. The van der Waals surface area contributed by atoms with E-state index in [9.17, 15) is 5.11 Å². The number of H-pyrrole nitrogens is 1. The highest BCUT2D eigenvalue weighted by Gasteiger charge is 2.54. The number of fused-ring (bicyclic) bond motifs is 4. The van der Waals surface area contributed by atoms with Crippen LogP contribution in [0, 0.1) is 16.7 Å². The van der Waals surface area contributed by atoms with Gasteiger partial charge in [-0.05, 0) is 48.6 Å². The van der Waals surface area contributed by atoms with E-state index in [0.29, 0.717) is 11.8 Å². The van der Waals surface area contributed by atoms with Crippen LogP contribution in [-0.4, -0.2) is 16.2 Å². The predicted molar refractivity (Wildman–Crippen MR) is 103 cm³/mol. The number of para-hydroxylation sites is 1. The van der Waals surface area contributed by atoms with Crippen molar-refractivity contribution in [2.24, 2.45) is 16.7 Å². The summed E-state index contributed by atoms with van der Waals surface area (Å²) in [4.78, 5) is 3.74. The van der Waals surface area contributed by atoms with E-state index in [-0.39, 0.29) is 16.9 Å². The van der Waals surface area contributed by atoms with E-state index < -0.39 is 0 Å². The number of allylic oxidation sites excluding steroid dienone is 1. The molecule has 3 aliphatic carbocycles. The highest BCUT2D eigenvalue weighted by atomic mass is 16.3. The molecule has 0 radical (unpaired) electrons. The second kappa shape index (κ2) is 4.79. The molecule has 1 aromatic carbocycles. The molecule has 1 aromatic heterocycles. The Balaban J connectivity index is 1.84. The Kier molecular flexibility index (Phi) is 3.01. The van der Waals surface area contributed by atoms with Crippen molar-refractivity contribution in [2.45, 2.75) is 65.4 Å². The zero-order chi connectivity index (χ0) is 17.6. The molecule has 0 saturated heterocycles. The van der Waals surface area contributed by atoms with Gasteiger partial charge < -0.3 is 10.1 Å². The molecule has 0 bridgehead atoms. The molecule has 0 aliphatic heterocycles. The van der Waals surface area contributed by atoms with Crippen molar-refractivity contribution >= 4 is 10.9 Å². The lowest BCUT2D eigenvalue weighted by molar-refractivity contribution is 0.0303. The number of aromatic amines is 1. The van der Waals surface area contributed by atoms with Crippen LogP contribution in [0.4, 0.5) is 0 Å². The maximum absolute atomic E-state index is 11.0. The van der Waals surface area contributed by atoms with Gasteiger partial charge in [-0.2, -0.15) is 0 Å². The molecular weight excluding hydrogens is 306 g/mol. The molecule has 132 valence electrons. The first-order valence-electron chi connectivity index (χ1n) is 9.85. The molecule has 2 nitrogen and oxygen atoms in total. The number of aromatic nitrogens is 1. The Morgan fingerprint density at radius 2 is 1.92 bits per heavy atom. The van der Waals surface area contributed by atoms with Gasteiger partial charge in [-0.1, -0.05) is 57.0 Å². The lowest BCUT2D eigenvalue weighted by Gasteiger charge is -2.56. The number of rotatable bonds is 0. The van der Waals surface area contributed by atoms with E-state index in [2.05, 4.69) is 56.9 Å². The van der Waals surface area contributed by atoms with Crippen molar-refractivity contribution in [1.29, 1.82) is 0 Å². The Morgan fingerprint density at radius 3 is 2.72 bits per heavy atom. The van der Waals surface area contributed by atoms with Crippen LogP contribution in [0.2, 0.25) is 0 Å². The van der Waals surface area contributed by atoms with Gasteiger partial charge in [0.1, 0.15) is 0 Å². The molecule has 25 heavy (non-hydrogen) atoms. The van der Waals surface area contributed by atoms with Gasteiger partial charge in [0.2, 0.25) is 0 Å². The summed E-state index contributed by atoms with van der Waals surface area (Å²) < 4.78 is 0. The van der Waals surface area contributed by atoms with Crippen LogP contribution >= 0.6 is 0 Å². The third-order valence-corrected chi connectivity index (χ3v) is 8.01. The van der Waals surface area contributed by atoms with Crippen LogP contribution in [0.5, 0.6) is 0 Å². The normalized spacial score (nSPS) is 36.3. The van der Waals surface area contributed by atoms with Gasteiger partial charge in [0, 0.05) is 27.9 Å². The van der Waals surface area contributed by atoms with Crippen molar-refractivity contribution in [1.82, 2.24) is 4.98 Å². The largest absolute Gasteiger partial charge is 0.392 e. The van der Waals surface area contributed by atoms with Crippen LogP contribution < -0.4 is 0 Å². The molecule has 4 atom stereocenters. The Hall–Kier alpha value is -1.54. The molecule has 2 aromatic rings. The van der Waals surface area contributed by atoms with Crippen LogP contribution in [0.25, 0.3) is 10.9 Å². The molecule has 1 heterocycles. The minimum atomic E-state index is -0.258. The molecule has 0 amide bonds. The summed E-state index contributed by atoms with van der Waals surface area (Å²) in [5.74, 6) is 1.06. The molecule has 2 N–H and O–H groups in total. The van der Waals surface area contributed by atoms with Crippen molar-refractivity contribution in [3.63, 3.8) is 0 Å². The highest BCUT2D eigenvalue weighted by molar-refractivity contribution is 5.86. The fourth-order valence-corrected chi connectivity index (χ4v) is 6.15. The maximum Gasteiger partial charge on any atom is 0.0637 e. The molecule has 0 fully saturated rings. The number of hydrogen-bond acceptors (Lipinski definition) is 1. The van der Waals surface area contributed by atoms with Gasteiger partial charge in [0.05, 0.1) is 6.10 Å². The average Bonchev–Trinajstić information content (AvgIpc) is 2.93. The van der Waals surface area contributed by atoms with Crippen LogP contribution in [-0.2, 0) is 6.42 Å². The summed E-state index contributed by atoms with van der Waals surface area (Å²) in [6.45, 7) is 9.46. The standard InChI is InChI=1S/C23H29NO/c1-13-9-10-17-20-15(11-19(25)22(17,2)3)21-16(12-23(13,20)4)14-7-5-6-8-18(14)24-21/h5-8,13,15,19,24-25H,9-12H2,1-4H3/t13-,15-,19-,23+/m1/s1. The van der Waals surface area contributed by atoms with Crippen molar-refractivity contribution < 1.29 is 5.11 Å². The van der Waals surface area contributed by atoms with Crippen molar-refractivity contribution in [3.05, 3.63) is 46.7 Å². The third kappa shape index (κ3) is 1.84. The van der Waals surface area contributed by atoms with Crippen LogP contribution in [0.1, 0.15) is 64.1 Å². The van der Waals surface area contributed by atoms with Gasteiger partial charge in [-0.25, -0.2) is 0 Å². The third-order valence-electron chi connectivity index (χ3n) is 8.01. The second-order valence-electron chi connectivity index (χ2n) is 9.51. The monoisotopic (exact) mass is 335 g/mol. The van der Waals surface area contributed by atoms with E-state index in [0.717, 1.165) is 19.3 Å². The first-order valence-corrected chi connectivity index (χ1v) is 9.85. The second-order valence-corrected chi connectivity index (χ2v) is 9.51.